The van der Waals surface area contributed by atoms with Crippen LogP contribution in [0.15, 0.2) is 67.0 Å². The molecule has 0 bridgehead atoms. The van der Waals surface area contributed by atoms with Gasteiger partial charge in [-0.05, 0) is 41.5 Å². The highest BCUT2D eigenvalue weighted by Gasteiger charge is 2.13. The minimum atomic E-state index is 0.651. The van der Waals surface area contributed by atoms with Crippen molar-refractivity contribution in [2.24, 2.45) is 0 Å². The second kappa shape index (κ2) is 6.80. The van der Waals surface area contributed by atoms with Gasteiger partial charge in [-0.3, -0.25) is 4.98 Å². The topological polar surface area (TPSA) is 59.9 Å². The molecule has 2 aromatic heterocycles. The first-order chi connectivity index (χ1) is 12.8. The summed E-state index contributed by atoms with van der Waals surface area (Å²) in [4.78, 5) is 13.7. The number of hydrogen-bond donors (Lipinski definition) is 1. The van der Waals surface area contributed by atoms with Gasteiger partial charge < -0.3 is 10.1 Å². The fraction of sp³-hybridized carbons (Fsp3) is 0.0952. The molecule has 0 saturated heterocycles. The van der Waals surface area contributed by atoms with Crippen molar-refractivity contribution < 1.29 is 4.74 Å². The molecule has 2 aromatic carbocycles. The highest BCUT2D eigenvalue weighted by molar-refractivity contribution is 6.02. The second-order valence-electron chi connectivity index (χ2n) is 5.82. The summed E-state index contributed by atoms with van der Waals surface area (Å²) < 4.78 is 5.37. The lowest BCUT2D eigenvalue weighted by Gasteiger charge is -2.13. The molecule has 0 unspecified atom stereocenters. The van der Waals surface area contributed by atoms with E-state index in [4.69, 9.17) is 14.7 Å². The normalized spacial score (nSPS) is 10.7. The van der Waals surface area contributed by atoms with Crippen LogP contribution in [0.5, 0.6) is 5.75 Å². The van der Waals surface area contributed by atoms with E-state index < -0.39 is 0 Å². The van der Waals surface area contributed by atoms with Gasteiger partial charge in [-0.2, -0.15) is 0 Å². The molecule has 0 fully saturated rings. The highest BCUT2D eigenvalue weighted by atomic mass is 16.5. The number of pyridine rings is 1. The average Bonchev–Trinajstić information content (AvgIpc) is 2.73. The smallest absolute Gasteiger partial charge is 0.163 e. The lowest BCUT2D eigenvalue weighted by molar-refractivity contribution is 0.415. The molecular weight excluding hydrogens is 324 g/mol. The summed E-state index contributed by atoms with van der Waals surface area (Å²) in [6.07, 6.45) is 3.51. The van der Waals surface area contributed by atoms with Gasteiger partial charge in [0.25, 0.3) is 0 Å². The summed E-state index contributed by atoms with van der Waals surface area (Å²) >= 11 is 0. The van der Waals surface area contributed by atoms with E-state index in [-0.39, 0.29) is 0 Å². The number of nitrogens with zero attached hydrogens (tertiary/aromatic N) is 3. The van der Waals surface area contributed by atoms with Crippen molar-refractivity contribution >= 4 is 16.7 Å². The zero-order valence-electron chi connectivity index (χ0n) is 14.6. The summed E-state index contributed by atoms with van der Waals surface area (Å²) in [6.45, 7) is 0. The zero-order chi connectivity index (χ0) is 17.9. The van der Waals surface area contributed by atoms with E-state index in [9.17, 15) is 0 Å². The predicted molar refractivity (Wildman–Crippen MR) is 104 cm³/mol. The van der Waals surface area contributed by atoms with Crippen molar-refractivity contribution in [1.29, 1.82) is 0 Å². The summed E-state index contributed by atoms with van der Waals surface area (Å²) in [7, 11) is 3.54. The maximum absolute atomic E-state index is 5.37. The molecule has 0 saturated carbocycles. The largest absolute Gasteiger partial charge is 0.497 e. The van der Waals surface area contributed by atoms with Crippen molar-refractivity contribution in [3.8, 4) is 28.3 Å². The number of nitrogens with one attached hydrogen (secondary N) is 1. The molecule has 0 spiro atoms. The molecule has 1 N–H and O–H groups in total. The number of anilines is 1. The quantitative estimate of drug-likeness (QED) is 0.595. The molecule has 4 rings (SSSR count). The SMILES string of the molecule is CNc1nc(-c2cccnc2)nc2cccc(-c3cccc(OC)c3)c12. The summed E-state index contributed by atoms with van der Waals surface area (Å²) in [6, 6.07) is 17.9. The first-order valence-corrected chi connectivity index (χ1v) is 8.33. The summed E-state index contributed by atoms with van der Waals surface area (Å²) in [5.74, 6) is 2.25. The van der Waals surface area contributed by atoms with Gasteiger partial charge in [0.2, 0.25) is 0 Å². The third-order valence-corrected chi connectivity index (χ3v) is 4.26. The van der Waals surface area contributed by atoms with E-state index in [0.717, 1.165) is 39.2 Å². The maximum Gasteiger partial charge on any atom is 0.163 e. The van der Waals surface area contributed by atoms with Crippen LogP contribution in [0, 0.1) is 0 Å². The van der Waals surface area contributed by atoms with E-state index in [0.29, 0.717) is 5.82 Å². The monoisotopic (exact) mass is 342 g/mol. The Morgan fingerprint density at radius 2 is 1.77 bits per heavy atom. The summed E-state index contributed by atoms with van der Waals surface area (Å²) in [5, 5.41) is 4.20. The van der Waals surface area contributed by atoms with E-state index in [1.165, 1.54) is 0 Å². The molecule has 4 aromatic rings. The molecule has 5 nitrogen and oxygen atoms in total. The number of hydrogen-bond acceptors (Lipinski definition) is 5. The molecule has 5 heteroatoms. The molecule has 0 aliphatic rings. The molecule has 2 heterocycles. The van der Waals surface area contributed by atoms with Crippen LogP contribution in [-0.4, -0.2) is 29.1 Å². The molecule has 0 aliphatic heterocycles. The lowest BCUT2D eigenvalue weighted by Crippen LogP contribution is -2.00. The molecule has 0 amide bonds. The molecular formula is C21H18N4O. The minimum Gasteiger partial charge on any atom is -0.497 e. The first kappa shape index (κ1) is 16.0. The van der Waals surface area contributed by atoms with Crippen molar-refractivity contribution in [3.63, 3.8) is 0 Å². The van der Waals surface area contributed by atoms with Gasteiger partial charge in [0, 0.05) is 25.0 Å². The third-order valence-electron chi connectivity index (χ3n) is 4.26. The number of fused-ring (bicyclic) bond motifs is 1. The van der Waals surface area contributed by atoms with E-state index >= 15 is 0 Å². The molecule has 26 heavy (non-hydrogen) atoms. The number of ether oxygens (including phenoxy) is 1. The Labute approximate surface area is 151 Å². The van der Waals surface area contributed by atoms with Gasteiger partial charge in [-0.1, -0.05) is 24.3 Å². The number of methoxy groups -OCH3 is 1. The minimum absolute atomic E-state index is 0.651. The predicted octanol–water partition coefficient (Wildman–Crippen LogP) is 4.41. The van der Waals surface area contributed by atoms with Gasteiger partial charge in [-0.25, -0.2) is 9.97 Å². The fourth-order valence-corrected chi connectivity index (χ4v) is 3.02. The van der Waals surface area contributed by atoms with Crippen LogP contribution in [0.25, 0.3) is 33.4 Å². The number of aromatic nitrogens is 3. The first-order valence-electron chi connectivity index (χ1n) is 8.33. The number of benzene rings is 2. The Morgan fingerprint density at radius 1 is 0.923 bits per heavy atom. The van der Waals surface area contributed by atoms with Crippen LogP contribution in [0.4, 0.5) is 5.82 Å². The second-order valence-corrected chi connectivity index (χ2v) is 5.82. The van der Waals surface area contributed by atoms with E-state index in [1.54, 1.807) is 19.5 Å². The van der Waals surface area contributed by atoms with Gasteiger partial charge >= 0.3 is 0 Å². The van der Waals surface area contributed by atoms with Crippen LogP contribution >= 0.6 is 0 Å². The van der Waals surface area contributed by atoms with Crippen LogP contribution < -0.4 is 10.1 Å². The van der Waals surface area contributed by atoms with Crippen molar-refractivity contribution in [2.75, 3.05) is 19.5 Å². The molecule has 0 radical (unpaired) electrons. The van der Waals surface area contributed by atoms with Crippen LogP contribution in [0.3, 0.4) is 0 Å². The van der Waals surface area contributed by atoms with Crippen molar-refractivity contribution in [3.05, 3.63) is 67.0 Å². The fourth-order valence-electron chi connectivity index (χ4n) is 3.02. The third kappa shape index (κ3) is 2.84. The van der Waals surface area contributed by atoms with Crippen LogP contribution in [0.1, 0.15) is 0 Å². The van der Waals surface area contributed by atoms with Gasteiger partial charge in [0.15, 0.2) is 5.82 Å². The van der Waals surface area contributed by atoms with Crippen LogP contribution in [-0.2, 0) is 0 Å². The van der Waals surface area contributed by atoms with Crippen LogP contribution in [0.2, 0.25) is 0 Å². The number of rotatable bonds is 4. The Morgan fingerprint density at radius 3 is 2.54 bits per heavy atom. The zero-order valence-corrected chi connectivity index (χ0v) is 14.6. The standard InChI is InChI=1S/C21H18N4O/c1-22-21-19-17(14-6-3-8-16(12-14)26-2)9-4-10-18(19)24-20(25-21)15-7-5-11-23-13-15/h3-13H,1-2H3,(H,22,24,25). The Balaban J connectivity index is 1.96. The van der Waals surface area contributed by atoms with E-state index in [2.05, 4.69) is 22.4 Å². The van der Waals surface area contributed by atoms with Crippen molar-refractivity contribution in [1.82, 2.24) is 15.0 Å². The molecule has 128 valence electrons. The molecule has 0 atom stereocenters. The lowest BCUT2D eigenvalue weighted by atomic mass is 10.0. The average molecular weight is 342 g/mol. The molecule has 0 aliphatic carbocycles. The van der Waals surface area contributed by atoms with Gasteiger partial charge in [0.05, 0.1) is 18.0 Å². The summed E-state index contributed by atoms with van der Waals surface area (Å²) in [5.41, 5.74) is 3.88. The maximum atomic E-state index is 5.37. The van der Waals surface area contributed by atoms with Gasteiger partial charge in [-0.15, -0.1) is 0 Å². The van der Waals surface area contributed by atoms with E-state index in [1.807, 2.05) is 49.5 Å². The van der Waals surface area contributed by atoms with Gasteiger partial charge in [0.1, 0.15) is 11.6 Å². The van der Waals surface area contributed by atoms with Crippen molar-refractivity contribution in [2.45, 2.75) is 0 Å². The highest BCUT2D eigenvalue weighted by Crippen LogP contribution is 2.34. The Hall–Kier alpha value is -3.47. The Kier molecular flexibility index (Phi) is 4.19. The Bertz CT molecular complexity index is 1060.